The van der Waals surface area contributed by atoms with E-state index in [4.69, 9.17) is 5.73 Å². The molecule has 110 valence electrons. The summed E-state index contributed by atoms with van der Waals surface area (Å²) in [4.78, 5) is 12.1. The summed E-state index contributed by atoms with van der Waals surface area (Å²) in [6.07, 6.45) is 0. The summed E-state index contributed by atoms with van der Waals surface area (Å²) in [7, 11) is 0. The standard InChI is InChI=1S/C16H16F2N2O/c1-9-5-3-4-6-12(9)10(2)20-16(21)11-7-13(17)15(19)14(18)8-11/h3-8,10H,19H2,1-2H3,(H,20,21). The van der Waals surface area contributed by atoms with Gasteiger partial charge in [-0.3, -0.25) is 4.79 Å². The van der Waals surface area contributed by atoms with Gasteiger partial charge in [0.25, 0.3) is 5.91 Å². The molecule has 0 saturated carbocycles. The number of nitrogens with two attached hydrogens (primary N) is 1. The molecule has 1 amide bonds. The van der Waals surface area contributed by atoms with Gasteiger partial charge < -0.3 is 11.1 Å². The Morgan fingerprint density at radius 1 is 1.19 bits per heavy atom. The fourth-order valence-corrected chi connectivity index (χ4v) is 2.15. The lowest BCUT2D eigenvalue weighted by Crippen LogP contribution is -2.27. The molecule has 3 nitrogen and oxygen atoms in total. The second-order valence-electron chi connectivity index (χ2n) is 4.91. The second kappa shape index (κ2) is 5.91. The van der Waals surface area contributed by atoms with Crippen molar-refractivity contribution in [2.45, 2.75) is 19.9 Å². The molecule has 2 aromatic carbocycles. The molecular weight excluding hydrogens is 274 g/mol. The molecule has 1 atom stereocenters. The molecule has 0 aliphatic rings. The number of halogens is 2. The van der Waals surface area contributed by atoms with Crippen LogP contribution in [-0.4, -0.2) is 5.91 Å². The molecule has 2 rings (SSSR count). The third-order valence-electron chi connectivity index (χ3n) is 3.34. The number of benzene rings is 2. The molecule has 0 spiro atoms. The number of hydrogen-bond acceptors (Lipinski definition) is 2. The fourth-order valence-electron chi connectivity index (χ4n) is 2.15. The molecule has 3 N–H and O–H groups in total. The first kappa shape index (κ1) is 15.0. The fraction of sp³-hybridized carbons (Fsp3) is 0.188. The monoisotopic (exact) mass is 290 g/mol. The summed E-state index contributed by atoms with van der Waals surface area (Å²) in [6.45, 7) is 3.74. The Morgan fingerprint density at radius 2 is 1.76 bits per heavy atom. The van der Waals surface area contributed by atoms with Gasteiger partial charge in [0.2, 0.25) is 0 Å². The van der Waals surface area contributed by atoms with E-state index < -0.39 is 23.2 Å². The normalized spacial score (nSPS) is 12.0. The van der Waals surface area contributed by atoms with E-state index in [2.05, 4.69) is 5.32 Å². The van der Waals surface area contributed by atoms with E-state index in [-0.39, 0.29) is 11.6 Å². The molecule has 0 saturated heterocycles. The zero-order valence-corrected chi connectivity index (χ0v) is 11.8. The van der Waals surface area contributed by atoms with E-state index in [1.165, 1.54) is 0 Å². The van der Waals surface area contributed by atoms with Crippen molar-refractivity contribution in [2.75, 3.05) is 5.73 Å². The number of nitrogens with one attached hydrogen (secondary N) is 1. The predicted octanol–water partition coefficient (Wildman–Crippen LogP) is 3.35. The average molecular weight is 290 g/mol. The smallest absolute Gasteiger partial charge is 0.251 e. The van der Waals surface area contributed by atoms with E-state index >= 15 is 0 Å². The average Bonchev–Trinajstić information content (AvgIpc) is 2.44. The molecule has 0 fully saturated rings. The number of carbonyl (C=O) groups excluding carboxylic acids is 1. The number of aryl methyl sites for hydroxylation is 1. The van der Waals surface area contributed by atoms with E-state index in [1.54, 1.807) is 0 Å². The van der Waals surface area contributed by atoms with Crippen LogP contribution in [0.5, 0.6) is 0 Å². The largest absolute Gasteiger partial charge is 0.394 e. The molecule has 0 heterocycles. The lowest BCUT2D eigenvalue weighted by Gasteiger charge is -2.16. The number of carbonyl (C=O) groups is 1. The summed E-state index contributed by atoms with van der Waals surface area (Å²) in [5.74, 6) is -2.43. The maximum absolute atomic E-state index is 13.4. The molecule has 0 aromatic heterocycles. The van der Waals surface area contributed by atoms with Crippen molar-refractivity contribution in [1.29, 1.82) is 0 Å². The van der Waals surface area contributed by atoms with Gasteiger partial charge in [-0.15, -0.1) is 0 Å². The van der Waals surface area contributed by atoms with Crippen LogP contribution in [0.4, 0.5) is 14.5 Å². The van der Waals surface area contributed by atoms with Crippen LogP contribution in [-0.2, 0) is 0 Å². The highest BCUT2D eigenvalue weighted by atomic mass is 19.1. The molecule has 21 heavy (non-hydrogen) atoms. The molecule has 1 unspecified atom stereocenters. The molecule has 0 bridgehead atoms. The minimum Gasteiger partial charge on any atom is -0.394 e. The van der Waals surface area contributed by atoms with Gasteiger partial charge in [-0.1, -0.05) is 24.3 Å². The third kappa shape index (κ3) is 3.18. The zero-order valence-electron chi connectivity index (χ0n) is 11.8. The topological polar surface area (TPSA) is 55.1 Å². The van der Waals surface area contributed by atoms with Gasteiger partial charge in [-0.05, 0) is 37.1 Å². The van der Waals surface area contributed by atoms with Crippen LogP contribution in [0.2, 0.25) is 0 Å². The first-order valence-electron chi connectivity index (χ1n) is 6.51. The van der Waals surface area contributed by atoms with Crippen molar-refractivity contribution in [1.82, 2.24) is 5.32 Å². The van der Waals surface area contributed by atoms with Crippen molar-refractivity contribution < 1.29 is 13.6 Å². The maximum atomic E-state index is 13.4. The van der Waals surface area contributed by atoms with Crippen molar-refractivity contribution in [2.24, 2.45) is 0 Å². The molecule has 2 aromatic rings. The minimum atomic E-state index is -0.941. The second-order valence-corrected chi connectivity index (χ2v) is 4.91. The van der Waals surface area contributed by atoms with Crippen LogP contribution in [0.3, 0.4) is 0 Å². The highest BCUT2D eigenvalue weighted by Gasteiger charge is 2.16. The van der Waals surface area contributed by atoms with Gasteiger partial charge in [0, 0.05) is 5.56 Å². The third-order valence-corrected chi connectivity index (χ3v) is 3.34. The minimum absolute atomic E-state index is 0.0976. The Morgan fingerprint density at radius 3 is 2.33 bits per heavy atom. The van der Waals surface area contributed by atoms with E-state index in [0.717, 1.165) is 23.3 Å². The van der Waals surface area contributed by atoms with Crippen LogP contribution < -0.4 is 11.1 Å². The SMILES string of the molecule is Cc1ccccc1C(C)NC(=O)c1cc(F)c(N)c(F)c1. The van der Waals surface area contributed by atoms with E-state index in [1.807, 2.05) is 38.1 Å². The summed E-state index contributed by atoms with van der Waals surface area (Å²) in [5.41, 5.74) is 6.47. The van der Waals surface area contributed by atoms with Crippen molar-refractivity contribution in [3.8, 4) is 0 Å². The van der Waals surface area contributed by atoms with Crippen molar-refractivity contribution in [3.05, 3.63) is 64.7 Å². The first-order chi connectivity index (χ1) is 9.90. The Hall–Kier alpha value is -2.43. The zero-order chi connectivity index (χ0) is 15.6. The predicted molar refractivity (Wildman–Crippen MR) is 77.8 cm³/mol. The molecule has 5 heteroatoms. The maximum Gasteiger partial charge on any atom is 0.251 e. The lowest BCUT2D eigenvalue weighted by molar-refractivity contribution is 0.0939. The molecule has 0 aliphatic carbocycles. The van der Waals surface area contributed by atoms with E-state index in [9.17, 15) is 13.6 Å². The van der Waals surface area contributed by atoms with Gasteiger partial charge in [0.15, 0.2) is 0 Å². The summed E-state index contributed by atoms with van der Waals surface area (Å²) in [5, 5.41) is 2.71. The summed E-state index contributed by atoms with van der Waals surface area (Å²) >= 11 is 0. The Kier molecular flexibility index (Phi) is 4.21. The van der Waals surface area contributed by atoms with E-state index in [0.29, 0.717) is 0 Å². The Balaban J connectivity index is 2.20. The van der Waals surface area contributed by atoms with Gasteiger partial charge in [-0.2, -0.15) is 0 Å². The van der Waals surface area contributed by atoms with Crippen LogP contribution in [0.15, 0.2) is 36.4 Å². The highest BCUT2D eigenvalue weighted by molar-refractivity contribution is 5.94. The van der Waals surface area contributed by atoms with Crippen LogP contribution >= 0.6 is 0 Å². The van der Waals surface area contributed by atoms with Crippen LogP contribution in [0.25, 0.3) is 0 Å². The van der Waals surface area contributed by atoms with Crippen molar-refractivity contribution >= 4 is 11.6 Å². The molecule has 0 radical (unpaired) electrons. The number of nitrogen functional groups attached to an aromatic ring is 1. The highest BCUT2D eigenvalue weighted by Crippen LogP contribution is 2.20. The first-order valence-corrected chi connectivity index (χ1v) is 6.51. The Bertz CT molecular complexity index is 663. The van der Waals surface area contributed by atoms with Gasteiger partial charge in [0.05, 0.1) is 6.04 Å². The molecule has 0 aliphatic heterocycles. The van der Waals surface area contributed by atoms with Gasteiger partial charge >= 0.3 is 0 Å². The van der Waals surface area contributed by atoms with Crippen LogP contribution in [0, 0.1) is 18.6 Å². The lowest BCUT2D eigenvalue weighted by atomic mass is 10.0. The summed E-state index contributed by atoms with van der Waals surface area (Å²) < 4.78 is 26.8. The van der Waals surface area contributed by atoms with Crippen molar-refractivity contribution in [3.63, 3.8) is 0 Å². The number of anilines is 1. The number of amides is 1. The van der Waals surface area contributed by atoms with Gasteiger partial charge in [0.1, 0.15) is 17.3 Å². The summed E-state index contributed by atoms with van der Waals surface area (Å²) in [6, 6.07) is 9.18. The molecular formula is C16H16F2N2O. The number of hydrogen-bond donors (Lipinski definition) is 2. The van der Waals surface area contributed by atoms with Crippen LogP contribution in [0.1, 0.15) is 34.5 Å². The Labute approximate surface area is 121 Å². The number of rotatable bonds is 3. The quantitative estimate of drug-likeness (QED) is 0.852. The van der Waals surface area contributed by atoms with Gasteiger partial charge in [-0.25, -0.2) is 8.78 Å².